The van der Waals surface area contributed by atoms with E-state index in [-0.39, 0.29) is 11.7 Å². The Balaban J connectivity index is 2.39. The highest BCUT2D eigenvalue weighted by Gasteiger charge is 2.15. The molecule has 0 saturated carbocycles. The zero-order valence-electron chi connectivity index (χ0n) is 10.1. The van der Waals surface area contributed by atoms with E-state index in [9.17, 15) is 4.39 Å². The van der Waals surface area contributed by atoms with E-state index >= 15 is 0 Å². The van der Waals surface area contributed by atoms with E-state index in [1.807, 2.05) is 0 Å². The average molecular weight is 374 g/mol. The van der Waals surface area contributed by atoms with Gasteiger partial charge in [0.05, 0.1) is 22.6 Å². The van der Waals surface area contributed by atoms with Crippen molar-refractivity contribution in [1.29, 1.82) is 0 Å². The van der Waals surface area contributed by atoms with Crippen LogP contribution >= 0.6 is 39.1 Å². The van der Waals surface area contributed by atoms with Gasteiger partial charge in [0.25, 0.3) is 0 Å². The van der Waals surface area contributed by atoms with Crippen molar-refractivity contribution in [2.45, 2.75) is 5.88 Å². The Morgan fingerprint density at radius 3 is 2.75 bits per heavy atom. The predicted octanol–water partition coefficient (Wildman–Crippen LogP) is 5.32. The molecule has 0 amide bonds. The molecule has 0 spiro atoms. The molecule has 2 aromatic carbocycles. The number of alkyl halides is 1. The molecule has 20 heavy (non-hydrogen) atoms. The molecule has 0 fully saturated rings. The van der Waals surface area contributed by atoms with Crippen LogP contribution in [0.4, 0.5) is 4.39 Å². The highest BCUT2D eigenvalue weighted by molar-refractivity contribution is 9.10. The lowest BCUT2D eigenvalue weighted by Crippen LogP contribution is -2.02. The van der Waals surface area contributed by atoms with Crippen molar-refractivity contribution in [3.05, 3.63) is 57.5 Å². The molecule has 0 N–H and O–H groups in total. The molecule has 0 bridgehead atoms. The van der Waals surface area contributed by atoms with Crippen LogP contribution in [0, 0.1) is 5.82 Å². The number of hydrogen-bond donors (Lipinski definition) is 0. The molecule has 2 nitrogen and oxygen atoms in total. The maximum Gasteiger partial charge on any atom is 0.147 e. The second-order valence-electron chi connectivity index (χ2n) is 4.23. The smallest absolute Gasteiger partial charge is 0.147 e. The molecule has 0 aliphatic carbocycles. The topological polar surface area (TPSA) is 17.8 Å². The Labute approximate surface area is 133 Å². The number of rotatable bonds is 2. The summed E-state index contributed by atoms with van der Waals surface area (Å²) in [6, 6.07) is 10.0. The van der Waals surface area contributed by atoms with E-state index in [0.29, 0.717) is 16.5 Å². The number of benzene rings is 2. The summed E-state index contributed by atoms with van der Waals surface area (Å²) in [4.78, 5) is 4.41. The minimum Gasteiger partial charge on any atom is -0.292 e. The molecule has 0 saturated heterocycles. The van der Waals surface area contributed by atoms with Crippen LogP contribution in [0.5, 0.6) is 0 Å². The third-order valence-corrected chi connectivity index (χ3v) is 3.92. The highest BCUT2D eigenvalue weighted by Crippen LogP contribution is 2.28. The van der Waals surface area contributed by atoms with Crippen LogP contribution in [0.15, 0.2) is 40.9 Å². The van der Waals surface area contributed by atoms with Crippen LogP contribution in [0.3, 0.4) is 0 Å². The molecule has 1 heterocycles. The van der Waals surface area contributed by atoms with Crippen LogP contribution in [0.1, 0.15) is 5.82 Å². The number of imidazole rings is 1. The molecule has 3 aromatic rings. The number of fused-ring (bicyclic) bond motifs is 1. The Hall–Kier alpha value is -1.10. The van der Waals surface area contributed by atoms with E-state index < -0.39 is 0 Å². The van der Waals surface area contributed by atoms with Gasteiger partial charge in [-0.05, 0) is 36.4 Å². The predicted molar refractivity (Wildman–Crippen MR) is 83.3 cm³/mol. The monoisotopic (exact) mass is 372 g/mol. The quantitative estimate of drug-likeness (QED) is 0.556. The van der Waals surface area contributed by atoms with E-state index in [4.69, 9.17) is 23.2 Å². The summed E-state index contributed by atoms with van der Waals surface area (Å²) in [5, 5.41) is 0.565. The van der Waals surface area contributed by atoms with Gasteiger partial charge in [-0.25, -0.2) is 9.37 Å². The number of aromatic nitrogens is 2. The number of nitrogens with zero attached hydrogens (tertiary/aromatic N) is 2. The molecule has 0 aliphatic rings. The third kappa shape index (κ3) is 2.32. The maximum atomic E-state index is 14.1. The number of hydrogen-bond acceptors (Lipinski definition) is 1. The summed E-state index contributed by atoms with van der Waals surface area (Å²) in [5.41, 5.74) is 1.84. The second-order valence-corrected chi connectivity index (χ2v) is 5.85. The summed E-state index contributed by atoms with van der Waals surface area (Å²) in [7, 11) is 0. The molecule has 1 aromatic heterocycles. The Kier molecular flexibility index (Phi) is 3.71. The fourth-order valence-electron chi connectivity index (χ4n) is 2.11. The fourth-order valence-corrected chi connectivity index (χ4v) is 2.81. The zero-order valence-corrected chi connectivity index (χ0v) is 13.2. The van der Waals surface area contributed by atoms with Crippen LogP contribution in [-0.4, -0.2) is 9.55 Å². The Morgan fingerprint density at radius 1 is 1.20 bits per heavy atom. The van der Waals surface area contributed by atoms with Gasteiger partial charge < -0.3 is 0 Å². The Morgan fingerprint density at radius 2 is 2.00 bits per heavy atom. The third-order valence-electron chi connectivity index (χ3n) is 2.95. The van der Waals surface area contributed by atoms with Gasteiger partial charge >= 0.3 is 0 Å². The lowest BCUT2D eigenvalue weighted by atomic mass is 10.2. The normalized spacial score (nSPS) is 11.2. The maximum absolute atomic E-state index is 14.1. The van der Waals surface area contributed by atoms with Gasteiger partial charge in [-0.1, -0.05) is 27.5 Å². The van der Waals surface area contributed by atoms with Gasteiger partial charge in [0.15, 0.2) is 0 Å². The zero-order chi connectivity index (χ0) is 14.3. The highest BCUT2D eigenvalue weighted by atomic mass is 79.9. The minimum atomic E-state index is -0.348. The first-order chi connectivity index (χ1) is 9.60. The average Bonchev–Trinajstić information content (AvgIpc) is 2.79. The lowest BCUT2D eigenvalue weighted by molar-refractivity contribution is 0.617. The SMILES string of the molecule is Fc1ccc(Br)cc1-n1c(CCl)nc2ccc(Cl)cc21. The molecule has 102 valence electrons. The van der Waals surface area contributed by atoms with Crippen LogP contribution < -0.4 is 0 Å². The summed E-state index contributed by atoms with van der Waals surface area (Å²) >= 11 is 15.3. The second kappa shape index (κ2) is 5.35. The first kappa shape index (κ1) is 13.9. The molecule has 6 heteroatoms. The fraction of sp³-hybridized carbons (Fsp3) is 0.0714. The molecule has 0 radical (unpaired) electrons. The standard InChI is InChI=1S/C14H8BrCl2FN2/c15-8-1-3-10(18)12(5-8)20-13-6-9(17)2-4-11(13)19-14(20)7-16/h1-6H,7H2. The minimum absolute atomic E-state index is 0.179. The summed E-state index contributed by atoms with van der Waals surface area (Å²) in [6.07, 6.45) is 0. The van der Waals surface area contributed by atoms with Gasteiger partial charge in [0, 0.05) is 9.50 Å². The first-order valence-corrected chi connectivity index (χ1v) is 7.49. The van der Waals surface area contributed by atoms with Crippen molar-refractivity contribution in [3.8, 4) is 5.69 Å². The van der Waals surface area contributed by atoms with Crippen LogP contribution in [0.25, 0.3) is 16.7 Å². The van der Waals surface area contributed by atoms with E-state index in [2.05, 4.69) is 20.9 Å². The van der Waals surface area contributed by atoms with Crippen LogP contribution in [-0.2, 0) is 5.88 Å². The molecule has 0 aliphatic heterocycles. The van der Waals surface area contributed by atoms with Crippen molar-refractivity contribution in [2.24, 2.45) is 0 Å². The largest absolute Gasteiger partial charge is 0.292 e. The van der Waals surface area contributed by atoms with Gasteiger partial charge in [0.1, 0.15) is 11.6 Å². The summed E-state index contributed by atoms with van der Waals surface area (Å²) in [5.74, 6) is 0.401. The van der Waals surface area contributed by atoms with Crippen molar-refractivity contribution in [1.82, 2.24) is 9.55 Å². The van der Waals surface area contributed by atoms with E-state index in [1.165, 1.54) is 6.07 Å². The van der Waals surface area contributed by atoms with E-state index in [1.54, 1.807) is 34.9 Å². The van der Waals surface area contributed by atoms with Gasteiger partial charge in [0.2, 0.25) is 0 Å². The molecule has 0 atom stereocenters. The lowest BCUT2D eigenvalue weighted by Gasteiger charge is -2.09. The van der Waals surface area contributed by atoms with Crippen molar-refractivity contribution < 1.29 is 4.39 Å². The van der Waals surface area contributed by atoms with Gasteiger partial charge in [-0.3, -0.25) is 4.57 Å². The molecule has 3 rings (SSSR count). The summed E-state index contributed by atoms with van der Waals surface area (Å²) in [6.45, 7) is 0. The molecular weight excluding hydrogens is 366 g/mol. The van der Waals surface area contributed by atoms with E-state index in [0.717, 1.165) is 15.5 Å². The Bertz CT molecular complexity index is 801. The summed E-state index contributed by atoms with van der Waals surface area (Å²) < 4.78 is 16.6. The van der Waals surface area contributed by atoms with Crippen molar-refractivity contribution >= 4 is 50.2 Å². The van der Waals surface area contributed by atoms with Gasteiger partial charge in [-0.15, -0.1) is 11.6 Å². The van der Waals surface area contributed by atoms with Crippen molar-refractivity contribution in [3.63, 3.8) is 0 Å². The van der Waals surface area contributed by atoms with Crippen LogP contribution in [0.2, 0.25) is 5.02 Å². The van der Waals surface area contributed by atoms with Crippen molar-refractivity contribution in [2.75, 3.05) is 0 Å². The van der Waals surface area contributed by atoms with Gasteiger partial charge in [-0.2, -0.15) is 0 Å². The molecule has 0 unspecified atom stereocenters. The number of halogens is 4. The molecular formula is C14H8BrCl2FN2. The first-order valence-electron chi connectivity index (χ1n) is 5.78.